The van der Waals surface area contributed by atoms with Crippen molar-refractivity contribution in [2.24, 2.45) is 0 Å². The number of esters is 2. The number of benzene rings is 2. The molecule has 6 heteroatoms. The van der Waals surface area contributed by atoms with Crippen molar-refractivity contribution in [3.8, 4) is 22.6 Å². The van der Waals surface area contributed by atoms with E-state index in [1.807, 2.05) is 41.5 Å². The Morgan fingerprint density at radius 1 is 0.656 bits per heavy atom. The monoisotopic (exact) mass is 438 g/mol. The zero-order valence-corrected chi connectivity index (χ0v) is 19.9. The van der Waals surface area contributed by atoms with Crippen LogP contribution < -0.4 is 9.47 Å². The van der Waals surface area contributed by atoms with Crippen LogP contribution in [0.3, 0.4) is 0 Å². The summed E-state index contributed by atoms with van der Waals surface area (Å²) in [7, 11) is 0. The second-order valence-corrected chi connectivity index (χ2v) is 9.81. The van der Waals surface area contributed by atoms with Gasteiger partial charge >= 0.3 is 11.9 Å². The Kier molecular flexibility index (Phi) is 7.08. The van der Waals surface area contributed by atoms with Crippen molar-refractivity contribution in [3.63, 3.8) is 0 Å². The maximum absolute atomic E-state index is 12.0. The predicted molar refractivity (Wildman–Crippen MR) is 123 cm³/mol. The van der Waals surface area contributed by atoms with Gasteiger partial charge in [0, 0.05) is 25.0 Å². The van der Waals surface area contributed by atoms with Gasteiger partial charge in [-0.2, -0.15) is 0 Å². The Hall–Kier alpha value is -3.28. The molecule has 6 nitrogen and oxygen atoms in total. The van der Waals surface area contributed by atoms with Crippen molar-refractivity contribution in [2.45, 2.75) is 66.2 Å². The maximum atomic E-state index is 12.0. The smallest absolute Gasteiger partial charge is 0.308 e. The lowest BCUT2D eigenvalue weighted by Gasteiger charge is -2.25. The molecule has 2 aromatic rings. The molecule has 0 unspecified atom stereocenters. The zero-order chi connectivity index (χ0) is 24.4. The third-order valence-corrected chi connectivity index (χ3v) is 5.00. The van der Waals surface area contributed by atoms with E-state index in [1.165, 1.54) is 13.8 Å². The number of hydrogen-bond acceptors (Lipinski definition) is 6. The van der Waals surface area contributed by atoms with E-state index in [2.05, 4.69) is 0 Å². The van der Waals surface area contributed by atoms with Gasteiger partial charge in [0.05, 0.1) is 11.1 Å². The molecule has 0 heterocycles. The summed E-state index contributed by atoms with van der Waals surface area (Å²) in [6.07, 6.45) is 1.24. The van der Waals surface area contributed by atoms with Gasteiger partial charge in [-0.3, -0.25) is 19.2 Å². The Bertz CT molecular complexity index is 993. The number of carbonyl (C=O) groups is 4. The first-order chi connectivity index (χ1) is 14.7. The number of ether oxygens (including phenoxy) is 2. The molecule has 0 aliphatic rings. The van der Waals surface area contributed by atoms with Crippen molar-refractivity contribution in [3.05, 3.63) is 46.5 Å². The zero-order valence-electron chi connectivity index (χ0n) is 19.9. The molecular weight excluding hydrogens is 408 g/mol. The molecule has 0 bridgehead atoms. The first-order valence-corrected chi connectivity index (χ1v) is 10.3. The van der Waals surface area contributed by atoms with Crippen LogP contribution in [0.4, 0.5) is 0 Å². The van der Waals surface area contributed by atoms with Gasteiger partial charge in [-0.25, -0.2) is 0 Å². The maximum Gasteiger partial charge on any atom is 0.308 e. The average molecular weight is 439 g/mol. The molecule has 0 atom stereocenters. The van der Waals surface area contributed by atoms with Gasteiger partial charge in [0.1, 0.15) is 11.5 Å². The largest absolute Gasteiger partial charge is 0.425 e. The first kappa shape index (κ1) is 25.0. The number of carbonyl (C=O) groups excluding carboxylic acids is 4. The Morgan fingerprint density at radius 2 is 0.969 bits per heavy atom. The van der Waals surface area contributed by atoms with Crippen molar-refractivity contribution in [1.29, 1.82) is 0 Å². The summed E-state index contributed by atoms with van der Waals surface area (Å²) >= 11 is 0. The van der Waals surface area contributed by atoms with Gasteiger partial charge < -0.3 is 9.47 Å². The average Bonchev–Trinajstić information content (AvgIpc) is 2.65. The standard InChI is InChI=1S/C26H30O6/c1-15(29)31-23-17(13-27)9-19(25(3,4)5)11-21(23)22-12-20(26(6,7)8)10-18(14-28)24(22)32-16(2)30/h9-14H,1-8H3. The fourth-order valence-corrected chi connectivity index (χ4v) is 3.26. The van der Waals surface area contributed by atoms with Crippen LogP contribution in [-0.4, -0.2) is 24.5 Å². The molecule has 0 aromatic heterocycles. The van der Waals surface area contributed by atoms with Crippen LogP contribution >= 0.6 is 0 Å². The van der Waals surface area contributed by atoms with Gasteiger partial charge in [-0.1, -0.05) is 41.5 Å². The molecule has 170 valence electrons. The lowest BCUT2D eigenvalue weighted by molar-refractivity contribution is -0.132. The van der Waals surface area contributed by atoms with E-state index in [0.717, 1.165) is 11.1 Å². The minimum absolute atomic E-state index is 0.0526. The molecule has 0 N–H and O–H groups in total. The summed E-state index contributed by atoms with van der Waals surface area (Å²) in [4.78, 5) is 47.7. The summed E-state index contributed by atoms with van der Waals surface area (Å²) in [5, 5.41) is 0. The van der Waals surface area contributed by atoms with Crippen LogP contribution in [0, 0.1) is 0 Å². The second kappa shape index (κ2) is 9.07. The van der Waals surface area contributed by atoms with Crippen molar-refractivity contribution >= 4 is 24.5 Å². The molecule has 0 aliphatic carbocycles. The lowest BCUT2D eigenvalue weighted by atomic mass is 9.81. The van der Waals surface area contributed by atoms with E-state index in [4.69, 9.17) is 9.47 Å². The summed E-state index contributed by atoms with van der Waals surface area (Å²) in [6, 6.07) is 6.95. The molecule has 0 spiro atoms. The van der Waals surface area contributed by atoms with E-state index in [1.54, 1.807) is 24.3 Å². The second-order valence-electron chi connectivity index (χ2n) is 9.81. The molecule has 0 amide bonds. The predicted octanol–water partition coefficient (Wildman–Crippen LogP) is 5.42. The normalized spacial score (nSPS) is 11.6. The van der Waals surface area contributed by atoms with Crippen LogP contribution in [0.5, 0.6) is 11.5 Å². The van der Waals surface area contributed by atoms with Crippen LogP contribution in [0.1, 0.15) is 87.2 Å². The van der Waals surface area contributed by atoms with E-state index < -0.39 is 11.9 Å². The fraction of sp³-hybridized carbons (Fsp3) is 0.385. The summed E-state index contributed by atoms with van der Waals surface area (Å²) in [5.74, 6) is -1.10. The molecular formula is C26H30O6. The number of aldehydes is 2. The highest BCUT2D eigenvalue weighted by Crippen LogP contribution is 2.44. The van der Waals surface area contributed by atoms with Crippen LogP contribution in [0.15, 0.2) is 24.3 Å². The topological polar surface area (TPSA) is 86.7 Å². The quantitative estimate of drug-likeness (QED) is 0.352. The Balaban J connectivity index is 3.10. The Morgan fingerprint density at radius 3 is 1.19 bits per heavy atom. The van der Waals surface area contributed by atoms with E-state index in [0.29, 0.717) is 23.7 Å². The van der Waals surface area contributed by atoms with Gasteiger partial charge in [0.2, 0.25) is 0 Å². The molecule has 0 fully saturated rings. The van der Waals surface area contributed by atoms with E-state index in [9.17, 15) is 19.2 Å². The molecule has 0 saturated carbocycles. The Labute approximate surface area is 188 Å². The number of hydrogen-bond donors (Lipinski definition) is 0. The molecule has 0 radical (unpaired) electrons. The van der Waals surface area contributed by atoms with Gasteiger partial charge in [-0.05, 0) is 46.2 Å². The minimum atomic E-state index is -0.602. The number of rotatable bonds is 5. The highest BCUT2D eigenvalue weighted by molar-refractivity contribution is 5.95. The SMILES string of the molecule is CC(=O)Oc1c(C=O)cc(C(C)(C)C)cc1-c1cc(C(C)(C)C)cc(C=O)c1OC(C)=O. The molecule has 0 aliphatic heterocycles. The lowest BCUT2D eigenvalue weighted by Crippen LogP contribution is -2.16. The molecule has 0 saturated heterocycles. The van der Waals surface area contributed by atoms with E-state index >= 15 is 0 Å². The van der Waals surface area contributed by atoms with Gasteiger partial charge in [0.15, 0.2) is 12.6 Å². The summed E-state index contributed by atoms with van der Waals surface area (Å²) in [5.41, 5.74) is 2.10. The van der Waals surface area contributed by atoms with Crippen molar-refractivity contribution in [2.75, 3.05) is 0 Å². The van der Waals surface area contributed by atoms with Crippen LogP contribution in [-0.2, 0) is 20.4 Å². The third-order valence-electron chi connectivity index (χ3n) is 5.00. The van der Waals surface area contributed by atoms with Crippen LogP contribution in [0.25, 0.3) is 11.1 Å². The van der Waals surface area contributed by atoms with Gasteiger partial charge in [-0.15, -0.1) is 0 Å². The highest BCUT2D eigenvalue weighted by Gasteiger charge is 2.27. The highest BCUT2D eigenvalue weighted by atomic mass is 16.5. The molecule has 32 heavy (non-hydrogen) atoms. The fourth-order valence-electron chi connectivity index (χ4n) is 3.26. The molecule has 2 rings (SSSR count). The summed E-state index contributed by atoms with van der Waals surface area (Å²) in [6.45, 7) is 14.4. The third kappa shape index (κ3) is 5.49. The molecule has 2 aromatic carbocycles. The first-order valence-electron chi connectivity index (χ1n) is 10.3. The van der Waals surface area contributed by atoms with Gasteiger partial charge in [0.25, 0.3) is 0 Å². The summed E-state index contributed by atoms with van der Waals surface area (Å²) < 4.78 is 10.9. The minimum Gasteiger partial charge on any atom is -0.425 e. The van der Waals surface area contributed by atoms with Crippen molar-refractivity contribution < 1.29 is 28.7 Å². The van der Waals surface area contributed by atoms with E-state index in [-0.39, 0.29) is 33.5 Å². The van der Waals surface area contributed by atoms with Crippen molar-refractivity contribution in [1.82, 2.24) is 0 Å². The van der Waals surface area contributed by atoms with Crippen LogP contribution in [0.2, 0.25) is 0 Å².